The van der Waals surface area contributed by atoms with Crippen molar-refractivity contribution in [2.45, 2.75) is 24.9 Å². The van der Waals surface area contributed by atoms with Crippen LogP contribution in [0.2, 0.25) is 0 Å². The van der Waals surface area contributed by atoms with Gasteiger partial charge in [-0.15, -0.1) is 0 Å². The molecule has 2 aromatic rings. The van der Waals surface area contributed by atoms with Crippen LogP contribution in [0.25, 0.3) is 0 Å². The summed E-state index contributed by atoms with van der Waals surface area (Å²) in [6.45, 7) is 5.44. The lowest BCUT2D eigenvalue weighted by Crippen LogP contribution is -2.52. The number of aromatic amines is 1. The van der Waals surface area contributed by atoms with Crippen LogP contribution < -0.4 is 10.5 Å². The predicted octanol–water partition coefficient (Wildman–Crippen LogP) is 0.949. The van der Waals surface area contributed by atoms with Gasteiger partial charge in [0.05, 0.1) is 5.60 Å². The summed E-state index contributed by atoms with van der Waals surface area (Å²) in [6, 6.07) is 13.2. The molecule has 2 fully saturated rings. The fraction of sp³-hybridized carbons (Fsp3) is 0.500. The summed E-state index contributed by atoms with van der Waals surface area (Å²) >= 11 is 0. The van der Waals surface area contributed by atoms with E-state index in [0.717, 1.165) is 32.6 Å². The van der Waals surface area contributed by atoms with Gasteiger partial charge in [-0.3, -0.25) is 14.5 Å². The molecule has 0 bridgehead atoms. The number of amides is 1. The molecule has 0 unspecified atom stereocenters. The lowest BCUT2D eigenvalue weighted by molar-refractivity contribution is -0.00957. The van der Waals surface area contributed by atoms with Crippen molar-refractivity contribution in [3.63, 3.8) is 0 Å². The van der Waals surface area contributed by atoms with Crippen molar-refractivity contribution in [1.29, 1.82) is 0 Å². The Bertz CT molecular complexity index is 890. The number of benzene rings is 1. The molecule has 160 valence electrons. The summed E-state index contributed by atoms with van der Waals surface area (Å²) in [5.74, 6) is -0.202. The second-order valence-electron chi connectivity index (χ2n) is 8.28. The average Bonchev–Trinajstić information content (AvgIpc) is 2.96. The van der Waals surface area contributed by atoms with Crippen LogP contribution in [0.3, 0.4) is 0 Å². The molecule has 30 heavy (non-hydrogen) atoms. The molecule has 1 aromatic carbocycles. The van der Waals surface area contributed by atoms with Crippen LogP contribution >= 0.6 is 0 Å². The van der Waals surface area contributed by atoms with E-state index >= 15 is 0 Å². The van der Waals surface area contributed by atoms with E-state index in [9.17, 15) is 14.7 Å². The second kappa shape index (κ2) is 8.97. The topological polar surface area (TPSA) is 92.8 Å². The minimum atomic E-state index is -0.789. The van der Waals surface area contributed by atoms with Gasteiger partial charge in [-0.05, 0) is 37.5 Å². The summed E-state index contributed by atoms with van der Waals surface area (Å²) in [4.78, 5) is 30.3. The number of rotatable bonds is 4. The highest BCUT2D eigenvalue weighted by Gasteiger charge is 2.34. The lowest BCUT2D eigenvalue weighted by atomic mass is 9.94. The molecule has 0 saturated carbocycles. The van der Waals surface area contributed by atoms with Gasteiger partial charge in [-0.1, -0.05) is 18.2 Å². The fourth-order valence-corrected chi connectivity index (χ4v) is 4.38. The minimum Gasteiger partial charge on any atom is -0.388 e. The largest absolute Gasteiger partial charge is 0.388 e. The normalized spacial score (nSPS) is 23.2. The number of piperazine rings is 1. The van der Waals surface area contributed by atoms with E-state index < -0.39 is 5.60 Å². The second-order valence-corrected chi connectivity index (χ2v) is 8.28. The highest BCUT2D eigenvalue weighted by molar-refractivity contribution is 5.92. The number of likely N-dealkylation sites (tertiary alicyclic amines) is 1. The van der Waals surface area contributed by atoms with Gasteiger partial charge in [-0.25, -0.2) is 5.10 Å². The van der Waals surface area contributed by atoms with Crippen molar-refractivity contribution in [2.75, 3.05) is 50.7 Å². The number of hydrogen-bond donors (Lipinski definition) is 2. The van der Waals surface area contributed by atoms with E-state index in [4.69, 9.17) is 0 Å². The van der Waals surface area contributed by atoms with Crippen LogP contribution in [-0.2, 0) is 0 Å². The van der Waals surface area contributed by atoms with Crippen molar-refractivity contribution < 1.29 is 9.90 Å². The molecule has 8 heteroatoms. The van der Waals surface area contributed by atoms with E-state index in [0.29, 0.717) is 32.5 Å². The molecule has 2 N–H and O–H groups in total. The molecule has 2 aliphatic rings. The Labute approximate surface area is 176 Å². The first-order chi connectivity index (χ1) is 14.5. The third-order valence-corrected chi connectivity index (χ3v) is 6.11. The van der Waals surface area contributed by atoms with Gasteiger partial charge in [0.1, 0.15) is 5.69 Å². The van der Waals surface area contributed by atoms with E-state index in [1.807, 2.05) is 6.07 Å². The predicted molar refractivity (Wildman–Crippen MR) is 115 cm³/mol. The molecule has 0 aliphatic carbocycles. The van der Waals surface area contributed by atoms with Crippen LogP contribution in [-0.4, -0.2) is 82.4 Å². The number of para-hydroxylation sites is 1. The SMILES string of the molecule is O=C(c1ccc(=O)[nH]n1)N1CCC[C@](O)(CN2CCN(c3ccccc3)CC2)CC1. The molecule has 1 amide bonds. The molecular weight excluding hydrogens is 382 g/mol. The first-order valence-corrected chi connectivity index (χ1v) is 10.6. The van der Waals surface area contributed by atoms with Crippen molar-refractivity contribution in [3.05, 3.63) is 58.5 Å². The maximum absolute atomic E-state index is 12.7. The first-order valence-electron chi connectivity index (χ1n) is 10.6. The minimum absolute atomic E-state index is 0.202. The Morgan fingerprint density at radius 1 is 1.00 bits per heavy atom. The van der Waals surface area contributed by atoms with E-state index in [1.165, 1.54) is 17.8 Å². The van der Waals surface area contributed by atoms with Gasteiger partial charge in [0, 0.05) is 57.6 Å². The number of hydrogen-bond acceptors (Lipinski definition) is 6. The third-order valence-electron chi connectivity index (χ3n) is 6.11. The summed E-state index contributed by atoms with van der Waals surface area (Å²) in [6.07, 6.45) is 1.96. The number of anilines is 1. The zero-order valence-corrected chi connectivity index (χ0v) is 17.2. The Balaban J connectivity index is 1.30. The number of H-pyrrole nitrogens is 1. The number of aromatic nitrogens is 2. The quantitative estimate of drug-likeness (QED) is 0.778. The van der Waals surface area contributed by atoms with Gasteiger partial charge in [0.25, 0.3) is 11.5 Å². The maximum Gasteiger partial charge on any atom is 0.274 e. The Morgan fingerprint density at radius 2 is 1.77 bits per heavy atom. The smallest absolute Gasteiger partial charge is 0.274 e. The van der Waals surface area contributed by atoms with Gasteiger partial charge in [0.2, 0.25) is 0 Å². The average molecular weight is 412 g/mol. The number of aliphatic hydroxyl groups is 1. The van der Waals surface area contributed by atoms with Gasteiger partial charge in [-0.2, -0.15) is 5.10 Å². The standard InChI is InChI=1S/C22H29N5O3/c28-20-8-7-19(23-24-20)21(29)27-11-4-9-22(30,10-12-27)17-25-13-15-26(16-14-25)18-5-2-1-3-6-18/h1-3,5-8,30H,4,9-17H2,(H,24,28)/t22-/m1/s1. The van der Waals surface area contributed by atoms with E-state index in [1.54, 1.807) is 4.90 Å². The molecule has 0 radical (unpaired) electrons. The number of β-amino-alcohol motifs (C(OH)–C–C–N with tert-alkyl or cyclic N) is 1. The zero-order valence-electron chi connectivity index (χ0n) is 17.2. The highest BCUT2D eigenvalue weighted by Crippen LogP contribution is 2.25. The van der Waals surface area contributed by atoms with Crippen LogP contribution in [0.4, 0.5) is 5.69 Å². The fourth-order valence-electron chi connectivity index (χ4n) is 4.38. The third kappa shape index (κ3) is 4.88. The maximum atomic E-state index is 12.7. The molecule has 2 aliphatic heterocycles. The lowest BCUT2D eigenvalue weighted by Gasteiger charge is -2.40. The Kier molecular flexibility index (Phi) is 6.15. The van der Waals surface area contributed by atoms with Crippen LogP contribution in [0, 0.1) is 0 Å². The number of carbonyl (C=O) groups is 1. The van der Waals surface area contributed by atoms with Gasteiger partial charge in [0.15, 0.2) is 0 Å². The summed E-state index contributed by atoms with van der Waals surface area (Å²) in [7, 11) is 0. The highest BCUT2D eigenvalue weighted by atomic mass is 16.3. The molecule has 1 atom stereocenters. The summed E-state index contributed by atoms with van der Waals surface area (Å²) in [5, 5.41) is 17.4. The molecule has 0 spiro atoms. The molecule has 8 nitrogen and oxygen atoms in total. The van der Waals surface area contributed by atoms with Gasteiger partial charge < -0.3 is 14.9 Å². The Morgan fingerprint density at radius 3 is 2.47 bits per heavy atom. The van der Waals surface area contributed by atoms with Crippen molar-refractivity contribution >= 4 is 11.6 Å². The molecule has 2 saturated heterocycles. The number of nitrogens with one attached hydrogen (secondary N) is 1. The van der Waals surface area contributed by atoms with Crippen molar-refractivity contribution in [2.24, 2.45) is 0 Å². The van der Waals surface area contributed by atoms with E-state index in [2.05, 4.69) is 44.3 Å². The number of carbonyl (C=O) groups excluding carboxylic acids is 1. The molecule has 3 heterocycles. The van der Waals surface area contributed by atoms with Crippen LogP contribution in [0.1, 0.15) is 29.8 Å². The zero-order chi connectivity index (χ0) is 21.0. The van der Waals surface area contributed by atoms with Gasteiger partial charge >= 0.3 is 0 Å². The molecule has 4 rings (SSSR count). The summed E-state index contributed by atoms with van der Waals surface area (Å²) < 4.78 is 0. The van der Waals surface area contributed by atoms with E-state index in [-0.39, 0.29) is 17.2 Å². The number of nitrogens with zero attached hydrogens (tertiary/aromatic N) is 4. The molecule has 1 aromatic heterocycles. The molecular formula is C22H29N5O3. The summed E-state index contributed by atoms with van der Waals surface area (Å²) in [5.41, 5.74) is 0.360. The monoisotopic (exact) mass is 411 g/mol. The van der Waals surface area contributed by atoms with Crippen LogP contribution in [0.5, 0.6) is 0 Å². The Hall–Kier alpha value is -2.71. The van der Waals surface area contributed by atoms with Crippen LogP contribution in [0.15, 0.2) is 47.3 Å². The van der Waals surface area contributed by atoms with Crippen molar-refractivity contribution in [3.8, 4) is 0 Å². The first kappa shape index (κ1) is 20.6. The van der Waals surface area contributed by atoms with Crippen molar-refractivity contribution in [1.82, 2.24) is 20.0 Å².